The predicted octanol–water partition coefficient (Wildman–Crippen LogP) is 3.32. The number of fused-ring (bicyclic) bond motifs is 1. The van der Waals surface area contributed by atoms with Gasteiger partial charge in [-0.15, -0.1) is 0 Å². The van der Waals surface area contributed by atoms with Crippen molar-refractivity contribution in [2.75, 3.05) is 5.32 Å². The van der Waals surface area contributed by atoms with Crippen LogP contribution >= 0.6 is 0 Å². The number of aromatic nitrogens is 3. The molecular weight excluding hydrogens is 344 g/mol. The number of aromatic amines is 1. The van der Waals surface area contributed by atoms with Crippen LogP contribution in [0.4, 0.5) is 5.69 Å². The number of rotatable bonds is 4. The summed E-state index contributed by atoms with van der Waals surface area (Å²) in [4.78, 5) is 28.0. The predicted molar refractivity (Wildman–Crippen MR) is 104 cm³/mol. The summed E-state index contributed by atoms with van der Waals surface area (Å²) < 4.78 is 7.04. The number of H-pyrrole nitrogens is 1. The zero-order valence-electron chi connectivity index (χ0n) is 16.4. The monoisotopic (exact) mass is 368 g/mol. The van der Waals surface area contributed by atoms with Crippen molar-refractivity contribution in [3.8, 4) is 0 Å². The number of nitrogens with one attached hydrogen (secondary N) is 2. The Bertz CT molecular complexity index is 1050. The minimum atomic E-state index is -0.939. The number of hydrogen-bond acceptors (Lipinski definition) is 4. The van der Waals surface area contributed by atoms with Gasteiger partial charge in [-0.3, -0.25) is 9.48 Å². The lowest BCUT2D eigenvalue weighted by Crippen LogP contribution is -2.30. The van der Waals surface area contributed by atoms with Crippen molar-refractivity contribution in [2.45, 2.75) is 40.7 Å². The van der Waals surface area contributed by atoms with E-state index in [1.54, 1.807) is 24.7 Å². The van der Waals surface area contributed by atoms with Gasteiger partial charge >= 0.3 is 5.97 Å². The smallest absolute Gasteiger partial charge is 0.355 e. The van der Waals surface area contributed by atoms with Crippen molar-refractivity contribution in [3.63, 3.8) is 0 Å². The van der Waals surface area contributed by atoms with Crippen molar-refractivity contribution in [2.24, 2.45) is 7.05 Å². The summed E-state index contributed by atoms with van der Waals surface area (Å²) in [6.07, 6.45) is -0.939. The van der Waals surface area contributed by atoms with Gasteiger partial charge < -0.3 is 15.0 Å². The standard InChI is InChI=1S/C20H24N4O3/c1-10-7-11(2)15-9-17(21-16(15)8-10)20(26)27-14(5)19(25)22-18-12(3)23-24(6)13(18)4/h7-9,14,21H,1-6H3,(H,22,25). The molecule has 0 aliphatic heterocycles. The number of nitrogens with zero attached hydrogens (tertiary/aromatic N) is 2. The molecule has 3 rings (SSSR count). The van der Waals surface area contributed by atoms with Crippen molar-refractivity contribution in [3.05, 3.63) is 46.4 Å². The van der Waals surface area contributed by atoms with Crippen molar-refractivity contribution >= 4 is 28.5 Å². The van der Waals surface area contributed by atoms with Crippen LogP contribution in [-0.2, 0) is 16.6 Å². The molecule has 1 atom stereocenters. The summed E-state index contributed by atoms with van der Waals surface area (Å²) in [5, 5.41) is 8.01. The fourth-order valence-corrected chi connectivity index (χ4v) is 3.17. The molecule has 2 aromatic heterocycles. The number of esters is 1. The number of hydrogen-bond donors (Lipinski definition) is 2. The fraction of sp³-hybridized carbons (Fsp3) is 0.350. The van der Waals surface area contributed by atoms with E-state index in [9.17, 15) is 9.59 Å². The van der Waals surface area contributed by atoms with Gasteiger partial charge in [-0.2, -0.15) is 5.10 Å². The van der Waals surface area contributed by atoms with Gasteiger partial charge in [0.05, 0.1) is 17.1 Å². The number of anilines is 1. The molecule has 0 saturated heterocycles. The third kappa shape index (κ3) is 3.58. The fourth-order valence-electron chi connectivity index (χ4n) is 3.17. The number of amides is 1. The van der Waals surface area contributed by atoms with Crippen LogP contribution in [0.25, 0.3) is 10.9 Å². The Kier molecular flexibility index (Phi) is 4.78. The molecule has 0 spiro atoms. The molecule has 2 N–H and O–H groups in total. The first-order valence-electron chi connectivity index (χ1n) is 8.79. The minimum absolute atomic E-state index is 0.326. The van der Waals surface area contributed by atoms with Gasteiger partial charge in [-0.25, -0.2) is 4.79 Å². The summed E-state index contributed by atoms with van der Waals surface area (Å²) in [6.45, 7) is 9.22. The minimum Gasteiger partial charge on any atom is -0.448 e. The second-order valence-electron chi connectivity index (χ2n) is 6.93. The van der Waals surface area contributed by atoms with Crippen LogP contribution in [0.15, 0.2) is 18.2 Å². The Hall–Kier alpha value is -3.09. The highest BCUT2D eigenvalue weighted by Crippen LogP contribution is 2.22. The first-order chi connectivity index (χ1) is 12.7. The molecule has 0 radical (unpaired) electrons. The van der Waals surface area contributed by atoms with Gasteiger partial charge in [0.1, 0.15) is 5.69 Å². The second kappa shape index (κ2) is 6.90. The van der Waals surface area contributed by atoms with Crippen LogP contribution in [0.2, 0.25) is 0 Å². The highest BCUT2D eigenvalue weighted by molar-refractivity contribution is 5.99. The highest BCUT2D eigenvalue weighted by Gasteiger charge is 2.22. The van der Waals surface area contributed by atoms with E-state index in [0.717, 1.165) is 27.7 Å². The zero-order valence-corrected chi connectivity index (χ0v) is 16.4. The van der Waals surface area contributed by atoms with Crippen LogP contribution < -0.4 is 5.32 Å². The highest BCUT2D eigenvalue weighted by atomic mass is 16.5. The van der Waals surface area contributed by atoms with Gasteiger partial charge in [0, 0.05) is 18.0 Å². The van der Waals surface area contributed by atoms with E-state index in [1.807, 2.05) is 33.8 Å². The third-order valence-electron chi connectivity index (χ3n) is 4.72. The maximum Gasteiger partial charge on any atom is 0.355 e. The van der Waals surface area contributed by atoms with Crippen LogP contribution in [0.5, 0.6) is 0 Å². The molecule has 0 fully saturated rings. The molecule has 3 aromatic rings. The summed E-state index contributed by atoms with van der Waals surface area (Å²) in [5.74, 6) is -0.962. The summed E-state index contributed by atoms with van der Waals surface area (Å²) in [5.41, 5.74) is 5.57. The van der Waals surface area contributed by atoms with Crippen molar-refractivity contribution in [1.82, 2.24) is 14.8 Å². The molecule has 142 valence electrons. The Labute approximate surface area is 157 Å². The first-order valence-corrected chi connectivity index (χ1v) is 8.79. The largest absolute Gasteiger partial charge is 0.448 e. The molecule has 7 heteroatoms. The van der Waals surface area contributed by atoms with Gasteiger partial charge in [0.2, 0.25) is 0 Å². The number of carbonyl (C=O) groups is 2. The van der Waals surface area contributed by atoms with E-state index in [-0.39, 0.29) is 0 Å². The molecule has 27 heavy (non-hydrogen) atoms. The van der Waals surface area contributed by atoms with Crippen LogP contribution in [0, 0.1) is 27.7 Å². The summed E-state index contributed by atoms with van der Waals surface area (Å²) in [6, 6.07) is 5.79. The molecule has 1 unspecified atom stereocenters. The molecule has 1 aromatic carbocycles. The summed E-state index contributed by atoms with van der Waals surface area (Å²) >= 11 is 0. The van der Waals surface area contributed by atoms with Crippen LogP contribution in [-0.4, -0.2) is 32.7 Å². The van der Waals surface area contributed by atoms with Crippen LogP contribution in [0.1, 0.15) is 39.9 Å². The molecule has 7 nitrogen and oxygen atoms in total. The van der Waals surface area contributed by atoms with E-state index in [4.69, 9.17) is 4.74 Å². The van der Waals surface area contributed by atoms with E-state index >= 15 is 0 Å². The average Bonchev–Trinajstić information content (AvgIpc) is 3.11. The van der Waals surface area contributed by atoms with E-state index in [0.29, 0.717) is 17.1 Å². The number of ether oxygens (including phenoxy) is 1. The first kappa shape index (κ1) is 18.7. The molecule has 0 aliphatic carbocycles. The lowest BCUT2D eigenvalue weighted by Gasteiger charge is -2.13. The lowest BCUT2D eigenvalue weighted by molar-refractivity contribution is -0.123. The van der Waals surface area contributed by atoms with E-state index in [2.05, 4.69) is 21.5 Å². The normalized spacial score (nSPS) is 12.2. The van der Waals surface area contributed by atoms with Gasteiger partial charge in [0.15, 0.2) is 6.10 Å². The SMILES string of the molecule is Cc1cc(C)c2cc(C(=O)OC(C)C(=O)Nc3c(C)nn(C)c3C)[nH]c2c1. The molecule has 0 aliphatic rings. The second-order valence-corrected chi connectivity index (χ2v) is 6.93. The zero-order chi connectivity index (χ0) is 19.9. The lowest BCUT2D eigenvalue weighted by atomic mass is 10.1. The number of carbonyl (C=O) groups excluding carboxylic acids is 2. The summed E-state index contributed by atoms with van der Waals surface area (Å²) in [7, 11) is 1.81. The van der Waals surface area contributed by atoms with Gasteiger partial charge in [-0.1, -0.05) is 6.07 Å². The average molecular weight is 368 g/mol. The van der Waals surface area contributed by atoms with Gasteiger partial charge in [-0.05, 0) is 57.9 Å². The Morgan fingerprint density at radius 3 is 2.52 bits per heavy atom. The molecule has 0 saturated carbocycles. The molecular formula is C20H24N4O3. The maximum atomic E-state index is 12.5. The third-order valence-corrected chi connectivity index (χ3v) is 4.72. The quantitative estimate of drug-likeness (QED) is 0.692. The topological polar surface area (TPSA) is 89.0 Å². The van der Waals surface area contributed by atoms with Crippen LogP contribution in [0.3, 0.4) is 0 Å². The van der Waals surface area contributed by atoms with Crippen molar-refractivity contribution < 1.29 is 14.3 Å². The van der Waals surface area contributed by atoms with Gasteiger partial charge in [0.25, 0.3) is 5.91 Å². The van der Waals surface area contributed by atoms with E-state index < -0.39 is 18.0 Å². The van der Waals surface area contributed by atoms with E-state index in [1.165, 1.54) is 0 Å². The van der Waals surface area contributed by atoms with Crippen molar-refractivity contribution in [1.29, 1.82) is 0 Å². The maximum absolute atomic E-state index is 12.5. The Morgan fingerprint density at radius 1 is 1.19 bits per heavy atom. The molecule has 2 heterocycles. The Balaban J connectivity index is 1.73. The molecule has 0 bridgehead atoms. The molecule has 1 amide bonds. The number of aryl methyl sites for hydroxylation is 4. The Morgan fingerprint density at radius 2 is 1.89 bits per heavy atom. The number of benzene rings is 1.